The first-order valence-electron chi connectivity index (χ1n) is 4.13. The van der Waals surface area contributed by atoms with Gasteiger partial charge in [0.1, 0.15) is 12.7 Å². The summed E-state index contributed by atoms with van der Waals surface area (Å²) in [6, 6.07) is 0. The molecule has 0 radical (unpaired) electrons. The van der Waals surface area contributed by atoms with Crippen molar-refractivity contribution in [1.29, 1.82) is 0 Å². The van der Waals surface area contributed by atoms with Crippen LogP contribution in [0.2, 0.25) is 0 Å². The van der Waals surface area contributed by atoms with Crippen LogP contribution >= 0.6 is 7.82 Å². The highest BCUT2D eigenvalue weighted by Crippen LogP contribution is 2.37. The third-order valence-corrected chi connectivity index (χ3v) is 1.88. The van der Waals surface area contributed by atoms with Crippen molar-refractivity contribution in [3.63, 3.8) is 0 Å². The minimum atomic E-state index is -4.50. The van der Waals surface area contributed by atoms with Crippen LogP contribution in [0, 0.1) is 5.92 Å². The van der Waals surface area contributed by atoms with Gasteiger partial charge in [0.25, 0.3) is 0 Å². The molecular weight excluding hydrogens is 211 g/mol. The highest BCUT2D eigenvalue weighted by atomic mass is 31.2. The normalized spacial score (nSPS) is 14.1. The van der Waals surface area contributed by atoms with E-state index in [9.17, 15) is 9.36 Å². The second-order valence-corrected chi connectivity index (χ2v) is 4.38. The molecule has 0 bridgehead atoms. The molecule has 0 saturated carbocycles. The molecule has 0 saturated heterocycles. The SMILES string of the molecule is CC(COC(=O)C(C)C)OP(=O)(O)O. The van der Waals surface area contributed by atoms with Crippen LogP contribution in [0.15, 0.2) is 0 Å². The molecule has 0 aromatic carbocycles. The van der Waals surface area contributed by atoms with E-state index in [0.29, 0.717) is 0 Å². The maximum absolute atomic E-state index is 10.9. The molecule has 0 aromatic heterocycles. The van der Waals surface area contributed by atoms with E-state index < -0.39 is 19.9 Å². The van der Waals surface area contributed by atoms with Gasteiger partial charge in [-0.1, -0.05) is 13.8 Å². The number of phosphoric acid groups is 1. The predicted octanol–water partition coefficient (Wildman–Crippen LogP) is 0.683. The summed E-state index contributed by atoms with van der Waals surface area (Å²) in [5.74, 6) is -0.691. The van der Waals surface area contributed by atoms with Crippen LogP contribution in [0.4, 0.5) is 0 Å². The Morgan fingerprint density at radius 2 is 1.86 bits per heavy atom. The molecule has 6 nitrogen and oxygen atoms in total. The molecule has 0 amide bonds. The van der Waals surface area contributed by atoms with Crippen molar-refractivity contribution >= 4 is 13.8 Å². The Morgan fingerprint density at radius 3 is 2.21 bits per heavy atom. The number of carbonyl (C=O) groups excluding carboxylic acids is 1. The third kappa shape index (κ3) is 7.03. The van der Waals surface area contributed by atoms with Crippen LogP contribution < -0.4 is 0 Å². The van der Waals surface area contributed by atoms with E-state index >= 15 is 0 Å². The molecular formula is C7H15O6P. The maximum Gasteiger partial charge on any atom is 0.469 e. The molecule has 7 heteroatoms. The summed E-state index contributed by atoms with van der Waals surface area (Å²) in [7, 11) is -4.50. The van der Waals surface area contributed by atoms with E-state index in [1.807, 2.05) is 0 Å². The van der Waals surface area contributed by atoms with Gasteiger partial charge >= 0.3 is 13.8 Å². The molecule has 0 aromatic rings. The Morgan fingerprint density at radius 1 is 1.36 bits per heavy atom. The molecule has 14 heavy (non-hydrogen) atoms. The zero-order valence-electron chi connectivity index (χ0n) is 8.34. The Balaban J connectivity index is 3.81. The number of esters is 1. The average molecular weight is 226 g/mol. The summed E-state index contributed by atoms with van der Waals surface area (Å²) in [6.45, 7) is 4.57. The highest BCUT2D eigenvalue weighted by molar-refractivity contribution is 7.46. The van der Waals surface area contributed by atoms with Crippen LogP contribution in [0.5, 0.6) is 0 Å². The predicted molar refractivity (Wildman–Crippen MR) is 48.4 cm³/mol. The topological polar surface area (TPSA) is 93.1 Å². The van der Waals surface area contributed by atoms with Crippen molar-refractivity contribution in [2.45, 2.75) is 26.9 Å². The number of hydrogen-bond donors (Lipinski definition) is 2. The molecule has 2 N–H and O–H groups in total. The van der Waals surface area contributed by atoms with E-state index in [-0.39, 0.29) is 12.5 Å². The maximum atomic E-state index is 10.9. The zero-order chi connectivity index (χ0) is 11.4. The quantitative estimate of drug-likeness (QED) is 0.529. The minimum Gasteiger partial charge on any atom is -0.463 e. The fraction of sp³-hybridized carbons (Fsp3) is 0.857. The minimum absolute atomic E-state index is 0.165. The van der Waals surface area contributed by atoms with Crippen molar-refractivity contribution in [2.24, 2.45) is 5.92 Å². The Labute approximate surface area is 82.5 Å². The van der Waals surface area contributed by atoms with Crippen molar-refractivity contribution in [3.8, 4) is 0 Å². The molecule has 0 aliphatic carbocycles. The van der Waals surface area contributed by atoms with Gasteiger partial charge in [0, 0.05) is 0 Å². The number of carbonyl (C=O) groups is 1. The van der Waals surface area contributed by atoms with Gasteiger partial charge < -0.3 is 14.5 Å². The van der Waals surface area contributed by atoms with E-state index in [2.05, 4.69) is 4.52 Å². The smallest absolute Gasteiger partial charge is 0.463 e. The average Bonchev–Trinajstić information content (AvgIpc) is 1.96. The monoisotopic (exact) mass is 226 g/mol. The van der Waals surface area contributed by atoms with Crippen LogP contribution in [0.3, 0.4) is 0 Å². The Bertz CT molecular complexity index is 232. The first-order chi connectivity index (χ1) is 6.22. The number of hydrogen-bond acceptors (Lipinski definition) is 4. The lowest BCUT2D eigenvalue weighted by atomic mass is 10.2. The van der Waals surface area contributed by atoms with Crippen LogP contribution in [0.1, 0.15) is 20.8 Å². The molecule has 0 aliphatic heterocycles. The number of phosphoric ester groups is 1. The first-order valence-corrected chi connectivity index (χ1v) is 5.66. The molecule has 1 unspecified atom stereocenters. The fourth-order valence-corrected chi connectivity index (χ4v) is 1.16. The summed E-state index contributed by atoms with van der Waals surface area (Å²) >= 11 is 0. The van der Waals surface area contributed by atoms with Crippen LogP contribution in [-0.2, 0) is 18.6 Å². The van der Waals surface area contributed by atoms with E-state index in [1.165, 1.54) is 6.92 Å². The summed E-state index contributed by atoms with van der Waals surface area (Å²) in [4.78, 5) is 27.8. The summed E-state index contributed by atoms with van der Waals surface area (Å²) in [6.07, 6.45) is -0.821. The molecule has 0 heterocycles. The van der Waals surface area contributed by atoms with Crippen molar-refractivity contribution < 1.29 is 28.4 Å². The summed E-state index contributed by atoms with van der Waals surface area (Å²) in [5, 5.41) is 0. The Hall–Kier alpha value is -0.420. The van der Waals surface area contributed by atoms with Gasteiger partial charge in [0.05, 0.1) is 5.92 Å². The largest absolute Gasteiger partial charge is 0.469 e. The molecule has 0 spiro atoms. The van der Waals surface area contributed by atoms with Gasteiger partial charge in [-0.15, -0.1) is 0 Å². The zero-order valence-corrected chi connectivity index (χ0v) is 9.23. The Kier molecular flexibility index (Phi) is 5.29. The van der Waals surface area contributed by atoms with Crippen molar-refractivity contribution in [2.75, 3.05) is 6.61 Å². The third-order valence-electron chi connectivity index (χ3n) is 1.25. The van der Waals surface area contributed by atoms with E-state index in [4.69, 9.17) is 14.5 Å². The van der Waals surface area contributed by atoms with Gasteiger partial charge in [-0.2, -0.15) is 0 Å². The molecule has 0 fully saturated rings. The lowest BCUT2D eigenvalue weighted by Crippen LogP contribution is -2.20. The van der Waals surface area contributed by atoms with Gasteiger partial charge in [-0.25, -0.2) is 4.57 Å². The van der Waals surface area contributed by atoms with E-state index in [1.54, 1.807) is 13.8 Å². The summed E-state index contributed by atoms with van der Waals surface area (Å²) in [5.41, 5.74) is 0. The lowest BCUT2D eigenvalue weighted by molar-refractivity contribution is -0.149. The van der Waals surface area contributed by atoms with Gasteiger partial charge in [-0.05, 0) is 6.92 Å². The van der Waals surface area contributed by atoms with E-state index in [0.717, 1.165) is 0 Å². The molecule has 84 valence electrons. The number of rotatable bonds is 5. The molecule has 0 aliphatic rings. The van der Waals surface area contributed by atoms with Crippen molar-refractivity contribution in [1.82, 2.24) is 0 Å². The highest BCUT2D eigenvalue weighted by Gasteiger charge is 2.20. The van der Waals surface area contributed by atoms with Crippen LogP contribution in [-0.4, -0.2) is 28.5 Å². The first kappa shape index (κ1) is 13.6. The summed E-state index contributed by atoms with van der Waals surface area (Å²) < 4.78 is 19.3. The van der Waals surface area contributed by atoms with Gasteiger partial charge in [-0.3, -0.25) is 9.32 Å². The molecule has 1 atom stereocenters. The van der Waals surface area contributed by atoms with Crippen LogP contribution in [0.25, 0.3) is 0 Å². The molecule has 0 rings (SSSR count). The second kappa shape index (κ2) is 5.46. The standard InChI is InChI=1S/C7H15O6P/c1-5(2)7(8)12-4-6(3)13-14(9,10)11/h5-6H,4H2,1-3H3,(H2,9,10,11). The van der Waals surface area contributed by atoms with Gasteiger partial charge in [0.2, 0.25) is 0 Å². The lowest BCUT2D eigenvalue weighted by Gasteiger charge is -2.14. The van der Waals surface area contributed by atoms with Gasteiger partial charge in [0.15, 0.2) is 0 Å². The fourth-order valence-electron chi connectivity index (χ4n) is 0.631. The number of ether oxygens (including phenoxy) is 1. The van der Waals surface area contributed by atoms with Crippen molar-refractivity contribution in [3.05, 3.63) is 0 Å². The second-order valence-electron chi connectivity index (χ2n) is 3.19.